The molecule has 0 aromatic carbocycles. The summed E-state index contributed by atoms with van der Waals surface area (Å²) in [4.78, 5) is 7.90. The molecule has 0 unspecified atom stereocenters. The number of fused-ring (bicyclic) bond motifs is 1. The molecule has 0 amide bonds. The Hall–Kier alpha value is -0.830. The van der Waals surface area contributed by atoms with E-state index in [2.05, 4.69) is 9.97 Å². The van der Waals surface area contributed by atoms with Crippen LogP contribution in [0.1, 0.15) is 43.9 Å². The van der Waals surface area contributed by atoms with Gasteiger partial charge in [0.2, 0.25) is 0 Å². The molecule has 1 aromatic heterocycles. The van der Waals surface area contributed by atoms with Crippen LogP contribution >= 0.6 is 0 Å². The second-order valence-corrected chi connectivity index (χ2v) is 4.18. The van der Waals surface area contributed by atoms with E-state index in [1.165, 1.54) is 24.2 Å². The standard InChI is InChI=1S/C11H18N2O/c1-8(2)14-7-11-12-9-5-3-4-6-10(9)13-11/h8H,3-7H2,1-2H3,(H,12,13). The average molecular weight is 194 g/mol. The van der Waals surface area contributed by atoms with Gasteiger partial charge in [0.05, 0.1) is 11.8 Å². The maximum Gasteiger partial charge on any atom is 0.132 e. The summed E-state index contributed by atoms with van der Waals surface area (Å²) in [5.74, 6) is 0.991. The van der Waals surface area contributed by atoms with E-state index in [0.717, 1.165) is 18.7 Å². The maximum absolute atomic E-state index is 5.51. The van der Waals surface area contributed by atoms with Gasteiger partial charge in [-0.2, -0.15) is 0 Å². The molecule has 0 saturated carbocycles. The molecule has 0 aliphatic heterocycles. The van der Waals surface area contributed by atoms with Crippen LogP contribution in [0, 0.1) is 0 Å². The largest absolute Gasteiger partial charge is 0.371 e. The van der Waals surface area contributed by atoms with E-state index in [-0.39, 0.29) is 6.10 Å². The summed E-state index contributed by atoms with van der Waals surface area (Å²) < 4.78 is 5.51. The Balaban J connectivity index is 2.01. The molecule has 0 radical (unpaired) electrons. The Bertz CT molecular complexity index is 281. The van der Waals surface area contributed by atoms with Crippen molar-refractivity contribution < 1.29 is 4.74 Å². The fraction of sp³-hybridized carbons (Fsp3) is 0.727. The van der Waals surface area contributed by atoms with Gasteiger partial charge >= 0.3 is 0 Å². The minimum absolute atomic E-state index is 0.275. The third-order valence-electron chi connectivity index (χ3n) is 2.56. The zero-order valence-corrected chi connectivity index (χ0v) is 8.97. The maximum atomic E-state index is 5.51. The predicted molar refractivity (Wildman–Crippen MR) is 55.2 cm³/mol. The molecule has 1 aromatic rings. The molecule has 1 N–H and O–H groups in total. The van der Waals surface area contributed by atoms with Gasteiger partial charge in [-0.25, -0.2) is 4.98 Å². The molecule has 3 nitrogen and oxygen atoms in total. The quantitative estimate of drug-likeness (QED) is 0.801. The van der Waals surface area contributed by atoms with Crippen molar-refractivity contribution in [3.05, 3.63) is 17.2 Å². The zero-order chi connectivity index (χ0) is 9.97. The Morgan fingerprint density at radius 1 is 1.36 bits per heavy atom. The number of ether oxygens (including phenoxy) is 1. The number of H-pyrrole nitrogens is 1. The number of aromatic amines is 1. The summed E-state index contributed by atoms with van der Waals surface area (Å²) in [5.41, 5.74) is 2.59. The van der Waals surface area contributed by atoms with E-state index >= 15 is 0 Å². The van der Waals surface area contributed by atoms with Gasteiger partial charge in [-0.3, -0.25) is 0 Å². The number of nitrogens with zero attached hydrogens (tertiary/aromatic N) is 1. The van der Waals surface area contributed by atoms with E-state index in [1.807, 2.05) is 13.8 Å². The smallest absolute Gasteiger partial charge is 0.132 e. The van der Waals surface area contributed by atoms with Gasteiger partial charge in [-0.1, -0.05) is 0 Å². The van der Waals surface area contributed by atoms with E-state index in [4.69, 9.17) is 4.74 Å². The summed E-state index contributed by atoms with van der Waals surface area (Å²) in [6.07, 6.45) is 5.14. The highest BCUT2D eigenvalue weighted by molar-refractivity contribution is 5.17. The van der Waals surface area contributed by atoms with Gasteiger partial charge in [0.1, 0.15) is 12.4 Å². The normalized spacial score (nSPS) is 15.9. The first-order valence-corrected chi connectivity index (χ1v) is 5.44. The molecule has 0 fully saturated rings. The summed E-state index contributed by atoms with van der Waals surface area (Å²) >= 11 is 0. The van der Waals surface area contributed by atoms with Crippen LogP contribution in [0.2, 0.25) is 0 Å². The highest BCUT2D eigenvalue weighted by Gasteiger charge is 2.14. The lowest BCUT2D eigenvalue weighted by atomic mass is 10.0. The first-order chi connectivity index (χ1) is 6.75. The summed E-state index contributed by atoms with van der Waals surface area (Å²) in [6, 6.07) is 0. The molecule has 78 valence electrons. The lowest BCUT2D eigenvalue weighted by molar-refractivity contribution is 0.0616. The van der Waals surface area contributed by atoms with E-state index < -0.39 is 0 Å². The summed E-state index contributed by atoms with van der Waals surface area (Å²) in [7, 11) is 0. The van der Waals surface area contributed by atoms with Crippen LogP contribution in [0.4, 0.5) is 0 Å². The van der Waals surface area contributed by atoms with Crippen LogP contribution < -0.4 is 0 Å². The zero-order valence-electron chi connectivity index (χ0n) is 8.97. The molecular weight excluding hydrogens is 176 g/mol. The van der Waals surface area contributed by atoms with Crippen molar-refractivity contribution in [2.24, 2.45) is 0 Å². The van der Waals surface area contributed by atoms with Gasteiger partial charge in [-0.15, -0.1) is 0 Å². The molecule has 3 heteroatoms. The number of hydrogen-bond acceptors (Lipinski definition) is 2. The molecule has 1 heterocycles. The van der Waals surface area contributed by atoms with E-state index in [9.17, 15) is 0 Å². The van der Waals surface area contributed by atoms with E-state index in [0.29, 0.717) is 6.61 Å². The summed E-state index contributed by atoms with van der Waals surface area (Å²) in [6.45, 7) is 4.70. The molecule has 0 atom stereocenters. The van der Waals surface area contributed by atoms with Gasteiger partial charge < -0.3 is 9.72 Å². The van der Waals surface area contributed by atoms with Crippen LogP contribution in [0.5, 0.6) is 0 Å². The van der Waals surface area contributed by atoms with Crippen LogP contribution in [-0.4, -0.2) is 16.1 Å². The van der Waals surface area contributed by atoms with Gasteiger partial charge in [0, 0.05) is 5.69 Å². The van der Waals surface area contributed by atoms with E-state index in [1.54, 1.807) is 0 Å². The number of aromatic nitrogens is 2. The number of rotatable bonds is 3. The van der Waals surface area contributed by atoms with Gasteiger partial charge in [-0.05, 0) is 39.5 Å². The Morgan fingerprint density at radius 3 is 2.86 bits per heavy atom. The minimum Gasteiger partial charge on any atom is -0.371 e. The van der Waals surface area contributed by atoms with Crippen molar-refractivity contribution in [1.82, 2.24) is 9.97 Å². The van der Waals surface area contributed by atoms with Crippen molar-refractivity contribution in [3.8, 4) is 0 Å². The van der Waals surface area contributed by atoms with Gasteiger partial charge in [0.15, 0.2) is 0 Å². The Morgan fingerprint density at radius 2 is 2.14 bits per heavy atom. The number of hydrogen-bond donors (Lipinski definition) is 1. The van der Waals surface area contributed by atoms with Crippen LogP contribution in [0.3, 0.4) is 0 Å². The van der Waals surface area contributed by atoms with Crippen LogP contribution in [-0.2, 0) is 24.2 Å². The minimum atomic E-state index is 0.275. The number of aryl methyl sites for hydroxylation is 2. The topological polar surface area (TPSA) is 37.9 Å². The Labute approximate surface area is 84.9 Å². The monoisotopic (exact) mass is 194 g/mol. The van der Waals surface area contributed by atoms with Crippen LogP contribution in [0.15, 0.2) is 0 Å². The molecule has 0 bridgehead atoms. The van der Waals surface area contributed by atoms with Crippen molar-refractivity contribution in [3.63, 3.8) is 0 Å². The molecule has 0 saturated heterocycles. The first kappa shape index (κ1) is 9.71. The molecule has 2 rings (SSSR count). The van der Waals surface area contributed by atoms with Crippen molar-refractivity contribution >= 4 is 0 Å². The fourth-order valence-electron chi connectivity index (χ4n) is 1.83. The van der Waals surface area contributed by atoms with Gasteiger partial charge in [0.25, 0.3) is 0 Å². The summed E-state index contributed by atoms with van der Waals surface area (Å²) in [5, 5.41) is 0. The van der Waals surface area contributed by atoms with Crippen molar-refractivity contribution in [1.29, 1.82) is 0 Å². The van der Waals surface area contributed by atoms with Crippen molar-refractivity contribution in [2.45, 2.75) is 52.2 Å². The highest BCUT2D eigenvalue weighted by Crippen LogP contribution is 2.18. The molecular formula is C11H18N2O. The Kier molecular flexibility index (Phi) is 2.87. The second kappa shape index (κ2) is 4.13. The lowest BCUT2D eigenvalue weighted by Crippen LogP contribution is -2.03. The number of imidazole rings is 1. The molecule has 1 aliphatic carbocycles. The number of nitrogens with one attached hydrogen (secondary N) is 1. The lowest BCUT2D eigenvalue weighted by Gasteiger charge is -2.07. The predicted octanol–water partition coefficient (Wildman–Crippen LogP) is 2.21. The third kappa shape index (κ3) is 2.15. The SMILES string of the molecule is CC(C)OCc1nc2c([nH]1)CCCC2. The van der Waals surface area contributed by atoms with Crippen molar-refractivity contribution in [2.75, 3.05) is 0 Å². The third-order valence-corrected chi connectivity index (χ3v) is 2.56. The molecule has 1 aliphatic rings. The molecule has 0 spiro atoms. The second-order valence-electron chi connectivity index (χ2n) is 4.18. The fourth-order valence-corrected chi connectivity index (χ4v) is 1.83. The first-order valence-electron chi connectivity index (χ1n) is 5.44. The van der Waals surface area contributed by atoms with Crippen LogP contribution in [0.25, 0.3) is 0 Å². The molecule has 14 heavy (non-hydrogen) atoms. The highest BCUT2D eigenvalue weighted by atomic mass is 16.5. The average Bonchev–Trinajstić information content (AvgIpc) is 2.57.